The molecule has 15 heavy (non-hydrogen) atoms. The highest BCUT2D eigenvalue weighted by molar-refractivity contribution is 5.86. The van der Waals surface area contributed by atoms with Crippen LogP contribution in [-0.2, 0) is 0 Å². The molecule has 0 spiro atoms. The Morgan fingerprint density at radius 3 is 2.27 bits per heavy atom. The van der Waals surface area contributed by atoms with Crippen molar-refractivity contribution in [3.05, 3.63) is 35.8 Å². The summed E-state index contributed by atoms with van der Waals surface area (Å²) >= 11 is 0. The second kappa shape index (κ2) is 4.73. The minimum Gasteiger partial charge on any atom is -0.381 e. The van der Waals surface area contributed by atoms with Crippen LogP contribution in [0.4, 0.5) is 10.2 Å². The number of hydrogen-bond acceptors (Lipinski definition) is 2. The molecule has 0 amide bonds. The first kappa shape index (κ1) is 11.4. The number of halogens is 1. The molecule has 0 unspecified atom stereocenters. The Labute approximate surface area is 88.9 Å². The van der Waals surface area contributed by atoms with E-state index < -0.39 is 5.82 Å². The summed E-state index contributed by atoms with van der Waals surface area (Å²) in [7, 11) is 0. The van der Waals surface area contributed by atoms with Gasteiger partial charge in [-0.3, -0.25) is 0 Å². The van der Waals surface area contributed by atoms with Gasteiger partial charge in [-0.15, -0.1) is 0 Å². The zero-order valence-electron chi connectivity index (χ0n) is 9.21. The Balaban J connectivity index is 0.000000531. The molecule has 0 bridgehead atoms. The van der Waals surface area contributed by atoms with Gasteiger partial charge in [0.25, 0.3) is 0 Å². The van der Waals surface area contributed by atoms with Crippen molar-refractivity contribution in [3.8, 4) is 0 Å². The van der Waals surface area contributed by atoms with Gasteiger partial charge in [-0.25, -0.2) is 9.37 Å². The molecule has 2 N–H and O–H groups in total. The molecule has 0 saturated heterocycles. The minimum atomic E-state index is -0.429. The van der Waals surface area contributed by atoms with Crippen LogP contribution in [0.5, 0.6) is 0 Å². The van der Waals surface area contributed by atoms with Crippen molar-refractivity contribution in [2.45, 2.75) is 20.8 Å². The highest BCUT2D eigenvalue weighted by atomic mass is 19.1. The lowest BCUT2D eigenvalue weighted by Gasteiger charge is -2.04. The Morgan fingerprint density at radius 2 is 1.67 bits per heavy atom. The Morgan fingerprint density at radius 1 is 1.13 bits per heavy atom. The number of fused-ring (bicyclic) bond motifs is 1. The highest BCUT2D eigenvalue weighted by Crippen LogP contribution is 2.22. The van der Waals surface area contributed by atoms with Crippen molar-refractivity contribution in [3.63, 3.8) is 0 Å². The predicted octanol–water partition coefficient (Wildman–Crippen LogP) is 3.29. The molecular weight excluding hydrogens is 191 g/mol. The molecule has 0 saturated carbocycles. The molecule has 1 aromatic carbocycles. The molecule has 0 atom stereocenters. The lowest BCUT2D eigenvalue weighted by Crippen LogP contribution is -1.98. The van der Waals surface area contributed by atoms with Gasteiger partial charge in [0.15, 0.2) is 11.6 Å². The minimum absolute atomic E-state index is 0.0313. The lowest BCUT2D eigenvalue weighted by molar-refractivity contribution is 0.639. The molecule has 0 aliphatic rings. The number of nitrogens with two attached hydrogens (primary N) is 1. The average molecular weight is 206 g/mol. The summed E-state index contributed by atoms with van der Waals surface area (Å²) in [6.07, 6.45) is 0. The van der Waals surface area contributed by atoms with Gasteiger partial charge < -0.3 is 5.73 Å². The summed E-state index contributed by atoms with van der Waals surface area (Å²) in [5, 5.41) is 1.35. The number of benzene rings is 1. The molecule has 3 heteroatoms. The normalized spacial score (nSPS) is 9.60. The van der Waals surface area contributed by atoms with Gasteiger partial charge in [0.1, 0.15) is 0 Å². The van der Waals surface area contributed by atoms with Crippen LogP contribution >= 0.6 is 0 Å². The fourth-order valence-electron chi connectivity index (χ4n) is 1.42. The summed E-state index contributed by atoms with van der Waals surface area (Å²) in [6, 6.07) is 7.17. The van der Waals surface area contributed by atoms with Gasteiger partial charge in [0.2, 0.25) is 0 Å². The van der Waals surface area contributed by atoms with Gasteiger partial charge in [-0.05, 0) is 6.92 Å². The van der Waals surface area contributed by atoms with Crippen LogP contribution in [0.3, 0.4) is 0 Å². The zero-order chi connectivity index (χ0) is 11.4. The van der Waals surface area contributed by atoms with Crippen molar-refractivity contribution in [2.75, 3.05) is 5.73 Å². The van der Waals surface area contributed by atoms with E-state index in [0.717, 1.165) is 11.1 Å². The van der Waals surface area contributed by atoms with Crippen LogP contribution < -0.4 is 5.73 Å². The Kier molecular flexibility index (Phi) is 3.61. The monoisotopic (exact) mass is 206 g/mol. The Hall–Kier alpha value is -1.64. The third kappa shape index (κ3) is 2.06. The lowest BCUT2D eigenvalue weighted by atomic mass is 10.1. The maximum atomic E-state index is 13.4. The average Bonchev–Trinajstić information content (AvgIpc) is 2.29. The predicted molar refractivity (Wildman–Crippen MR) is 62.2 cm³/mol. The van der Waals surface area contributed by atoms with E-state index in [1.807, 2.05) is 32.9 Å². The summed E-state index contributed by atoms with van der Waals surface area (Å²) in [6.45, 7) is 5.82. The number of aryl methyl sites for hydroxylation is 1. The second-order valence-corrected chi connectivity index (χ2v) is 2.94. The number of nitrogens with zero attached hydrogens (tertiary/aromatic N) is 1. The molecule has 2 nitrogen and oxygen atoms in total. The van der Waals surface area contributed by atoms with Gasteiger partial charge in [0, 0.05) is 16.5 Å². The van der Waals surface area contributed by atoms with E-state index in [1.54, 1.807) is 12.1 Å². The third-order valence-corrected chi connectivity index (χ3v) is 2.07. The van der Waals surface area contributed by atoms with Crippen LogP contribution in [0, 0.1) is 12.7 Å². The van der Waals surface area contributed by atoms with E-state index in [4.69, 9.17) is 5.73 Å². The quantitative estimate of drug-likeness (QED) is 0.718. The number of pyridine rings is 1. The summed E-state index contributed by atoms with van der Waals surface area (Å²) in [5.41, 5.74) is 6.16. The SMILES string of the molecule is CC.Cc1nc(N)c(F)c2ccccc12. The maximum Gasteiger partial charge on any atom is 0.173 e. The molecular formula is C12H15FN2. The van der Waals surface area contributed by atoms with Crippen molar-refractivity contribution in [1.82, 2.24) is 4.98 Å². The van der Waals surface area contributed by atoms with Gasteiger partial charge >= 0.3 is 0 Å². The smallest absolute Gasteiger partial charge is 0.173 e. The van der Waals surface area contributed by atoms with E-state index in [0.29, 0.717) is 5.39 Å². The summed E-state index contributed by atoms with van der Waals surface area (Å²) in [5.74, 6) is -0.461. The van der Waals surface area contributed by atoms with Crippen molar-refractivity contribution in [1.29, 1.82) is 0 Å². The van der Waals surface area contributed by atoms with E-state index in [2.05, 4.69) is 4.98 Å². The number of rotatable bonds is 0. The van der Waals surface area contributed by atoms with Crippen LogP contribution in [0.1, 0.15) is 19.5 Å². The van der Waals surface area contributed by atoms with E-state index >= 15 is 0 Å². The van der Waals surface area contributed by atoms with Crippen molar-refractivity contribution in [2.24, 2.45) is 0 Å². The first-order valence-corrected chi connectivity index (χ1v) is 5.00. The number of hydrogen-bond donors (Lipinski definition) is 1. The molecule has 80 valence electrons. The van der Waals surface area contributed by atoms with Gasteiger partial charge in [-0.1, -0.05) is 38.1 Å². The molecule has 0 radical (unpaired) electrons. The van der Waals surface area contributed by atoms with E-state index in [1.165, 1.54) is 0 Å². The van der Waals surface area contributed by atoms with Crippen LogP contribution in [0.15, 0.2) is 24.3 Å². The molecule has 1 aromatic heterocycles. The summed E-state index contributed by atoms with van der Waals surface area (Å²) in [4.78, 5) is 3.90. The molecule has 2 aromatic rings. The first-order chi connectivity index (χ1) is 7.20. The number of aromatic nitrogens is 1. The van der Waals surface area contributed by atoms with E-state index in [9.17, 15) is 4.39 Å². The van der Waals surface area contributed by atoms with Gasteiger partial charge in [-0.2, -0.15) is 0 Å². The molecule has 0 fully saturated rings. The zero-order valence-corrected chi connectivity index (χ0v) is 9.21. The maximum absolute atomic E-state index is 13.4. The topological polar surface area (TPSA) is 38.9 Å². The Bertz CT molecular complexity index is 466. The third-order valence-electron chi connectivity index (χ3n) is 2.07. The van der Waals surface area contributed by atoms with Crippen molar-refractivity contribution < 1.29 is 4.39 Å². The fraction of sp³-hybridized carbons (Fsp3) is 0.250. The molecule has 2 rings (SSSR count). The van der Waals surface area contributed by atoms with Gasteiger partial charge in [0.05, 0.1) is 0 Å². The highest BCUT2D eigenvalue weighted by Gasteiger charge is 2.07. The molecule has 0 aliphatic heterocycles. The van der Waals surface area contributed by atoms with E-state index in [-0.39, 0.29) is 5.82 Å². The largest absolute Gasteiger partial charge is 0.381 e. The standard InChI is InChI=1S/C10H9FN2.C2H6/c1-6-7-4-2-3-5-8(7)9(11)10(12)13-6;1-2/h2-5H,1H3,(H2,12,13);1-2H3. The molecule has 0 aliphatic carbocycles. The first-order valence-electron chi connectivity index (χ1n) is 5.00. The number of nitrogen functional groups attached to an aromatic ring is 1. The van der Waals surface area contributed by atoms with Crippen molar-refractivity contribution >= 4 is 16.6 Å². The molecule has 1 heterocycles. The van der Waals surface area contributed by atoms with Crippen LogP contribution in [0.25, 0.3) is 10.8 Å². The summed E-state index contributed by atoms with van der Waals surface area (Å²) < 4.78 is 13.4. The number of anilines is 1. The second-order valence-electron chi connectivity index (χ2n) is 2.94. The fourth-order valence-corrected chi connectivity index (χ4v) is 1.42. The van der Waals surface area contributed by atoms with Crippen LogP contribution in [0.2, 0.25) is 0 Å². The van der Waals surface area contributed by atoms with Crippen LogP contribution in [-0.4, -0.2) is 4.98 Å².